The van der Waals surface area contributed by atoms with Gasteiger partial charge >= 0.3 is 0 Å². The van der Waals surface area contributed by atoms with Gasteiger partial charge in [0.05, 0.1) is 5.38 Å². The lowest BCUT2D eigenvalue weighted by Gasteiger charge is -2.04. The lowest BCUT2D eigenvalue weighted by Crippen LogP contribution is -1.97. The number of benzene rings is 1. The van der Waals surface area contributed by atoms with Crippen LogP contribution in [0.3, 0.4) is 0 Å². The van der Waals surface area contributed by atoms with Crippen LogP contribution < -0.4 is 0 Å². The topological polar surface area (TPSA) is 0 Å². The largest absolute Gasteiger partial charge is 0.117 e. The molecule has 0 spiro atoms. The zero-order valence-corrected chi connectivity index (χ0v) is 8.84. The van der Waals surface area contributed by atoms with E-state index in [9.17, 15) is 0 Å². The number of alkyl halides is 2. The summed E-state index contributed by atoms with van der Waals surface area (Å²) in [6, 6.07) is 8.44. The molecular formula is C9H8ClI. The van der Waals surface area contributed by atoms with Crippen LogP contribution in [0.2, 0.25) is 0 Å². The van der Waals surface area contributed by atoms with Crippen molar-refractivity contribution >= 4 is 34.2 Å². The van der Waals surface area contributed by atoms with Crippen molar-refractivity contribution in [3.8, 4) is 0 Å². The van der Waals surface area contributed by atoms with Crippen LogP contribution in [0.4, 0.5) is 0 Å². The third-order valence-electron chi connectivity index (χ3n) is 2.08. The van der Waals surface area contributed by atoms with Gasteiger partial charge < -0.3 is 0 Å². The second kappa shape index (κ2) is 2.94. The SMILES string of the molecule is Cl[C@H]1c2ccccc2C[C@@H]1I. The van der Waals surface area contributed by atoms with Gasteiger partial charge in [-0.3, -0.25) is 0 Å². The molecule has 1 aliphatic carbocycles. The molecule has 0 aliphatic heterocycles. The lowest BCUT2D eigenvalue weighted by atomic mass is 10.1. The Labute approximate surface area is 85.1 Å². The van der Waals surface area contributed by atoms with Crippen molar-refractivity contribution in [3.63, 3.8) is 0 Å². The fourth-order valence-electron chi connectivity index (χ4n) is 1.50. The van der Waals surface area contributed by atoms with Crippen molar-refractivity contribution in [2.24, 2.45) is 0 Å². The molecule has 1 aromatic rings. The van der Waals surface area contributed by atoms with Gasteiger partial charge in [0.25, 0.3) is 0 Å². The Hall–Kier alpha value is 0.240. The fourth-order valence-corrected chi connectivity index (χ4v) is 2.66. The summed E-state index contributed by atoms with van der Waals surface area (Å²) in [6.45, 7) is 0. The predicted octanol–water partition coefficient (Wildman–Crippen LogP) is 3.33. The Morgan fingerprint density at radius 3 is 2.82 bits per heavy atom. The molecule has 0 saturated carbocycles. The van der Waals surface area contributed by atoms with Crippen molar-refractivity contribution < 1.29 is 0 Å². The number of hydrogen-bond acceptors (Lipinski definition) is 0. The fraction of sp³-hybridized carbons (Fsp3) is 0.333. The highest BCUT2D eigenvalue weighted by Gasteiger charge is 2.27. The smallest absolute Gasteiger partial charge is 0.0708 e. The molecule has 0 heterocycles. The number of fused-ring (bicyclic) bond motifs is 1. The normalized spacial score (nSPS) is 28.5. The van der Waals surface area contributed by atoms with Crippen molar-refractivity contribution in [1.29, 1.82) is 0 Å². The van der Waals surface area contributed by atoms with Crippen molar-refractivity contribution in [1.82, 2.24) is 0 Å². The van der Waals surface area contributed by atoms with Gasteiger partial charge in [0, 0.05) is 3.92 Å². The van der Waals surface area contributed by atoms with Crippen molar-refractivity contribution in [3.05, 3.63) is 35.4 Å². The molecule has 11 heavy (non-hydrogen) atoms. The minimum absolute atomic E-state index is 0.229. The molecule has 1 aromatic carbocycles. The van der Waals surface area contributed by atoms with Gasteiger partial charge in [-0.25, -0.2) is 0 Å². The number of hydrogen-bond donors (Lipinski definition) is 0. The second-order valence-corrected chi connectivity index (χ2v) is 4.89. The van der Waals surface area contributed by atoms with Crippen molar-refractivity contribution in [2.45, 2.75) is 15.7 Å². The quantitative estimate of drug-likeness (QED) is 0.504. The van der Waals surface area contributed by atoms with Crippen LogP contribution in [0.25, 0.3) is 0 Å². The van der Waals surface area contributed by atoms with Gasteiger partial charge in [-0.05, 0) is 17.5 Å². The van der Waals surface area contributed by atoms with Gasteiger partial charge in [0.2, 0.25) is 0 Å². The highest BCUT2D eigenvalue weighted by Crippen LogP contribution is 2.40. The molecule has 0 saturated heterocycles. The maximum atomic E-state index is 6.19. The van der Waals surface area contributed by atoms with E-state index in [1.54, 1.807) is 0 Å². The summed E-state index contributed by atoms with van der Waals surface area (Å²) in [7, 11) is 0. The molecule has 2 atom stereocenters. The minimum atomic E-state index is 0.229. The van der Waals surface area contributed by atoms with Crippen LogP contribution in [-0.2, 0) is 6.42 Å². The molecule has 0 radical (unpaired) electrons. The van der Waals surface area contributed by atoms with Crippen molar-refractivity contribution in [2.75, 3.05) is 0 Å². The summed E-state index contributed by atoms with van der Waals surface area (Å²) in [5.41, 5.74) is 2.75. The van der Waals surface area contributed by atoms with Crippen LogP contribution >= 0.6 is 34.2 Å². The summed E-state index contributed by atoms with van der Waals surface area (Å²) < 4.78 is 0.576. The van der Waals surface area contributed by atoms with Crippen LogP contribution in [0.15, 0.2) is 24.3 Å². The van der Waals surface area contributed by atoms with E-state index < -0.39 is 0 Å². The number of halogens is 2. The molecule has 2 rings (SSSR count). The zero-order chi connectivity index (χ0) is 7.84. The van der Waals surface area contributed by atoms with E-state index >= 15 is 0 Å². The Bertz CT molecular complexity index is 272. The van der Waals surface area contributed by atoms with E-state index in [1.807, 2.05) is 0 Å². The Balaban J connectivity index is 2.47. The van der Waals surface area contributed by atoms with Gasteiger partial charge in [-0.15, -0.1) is 11.6 Å². The van der Waals surface area contributed by atoms with Gasteiger partial charge in [-0.2, -0.15) is 0 Å². The first-order valence-electron chi connectivity index (χ1n) is 3.65. The van der Waals surface area contributed by atoms with Crippen LogP contribution in [0.5, 0.6) is 0 Å². The Morgan fingerprint density at radius 2 is 2.09 bits per heavy atom. The van der Waals surface area contributed by atoms with E-state index in [1.165, 1.54) is 11.1 Å². The van der Waals surface area contributed by atoms with E-state index in [0.717, 1.165) is 6.42 Å². The molecule has 2 heteroatoms. The van der Waals surface area contributed by atoms with Crippen LogP contribution in [-0.4, -0.2) is 3.92 Å². The van der Waals surface area contributed by atoms with E-state index in [0.29, 0.717) is 3.92 Å². The monoisotopic (exact) mass is 278 g/mol. The molecule has 0 amide bonds. The maximum absolute atomic E-state index is 6.19. The first-order chi connectivity index (χ1) is 5.29. The highest BCUT2D eigenvalue weighted by atomic mass is 127. The minimum Gasteiger partial charge on any atom is -0.117 e. The van der Waals surface area contributed by atoms with Crippen LogP contribution in [0, 0.1) is 0 Å². The average Bonchev–Trinajstić information content (AvgIpc) is 2.30. The lowest BCUT2D eigenvalue weighted by molar-refractivity contribution is 0.940. The first-order valence-corrected chi connectivity index (χ1v) is 5.33. The first kappa shape index (κ1) is 7.87. The molecular weight excluding hydrogens is 270 g/mol. The van der Waals surface area contributed by atoms with E-state index in [-0.39, 0.29) is 5.38 Å². The standard InChI is InChI=1S/C9H8ClI/c10-9-7-4-2-1-3-6(7)5-8(9)11/h1-4,8-9H,5H2/t8-,9-/m0/s1. The van der Waals surface area contributed by atoms with Gasteiger partial charge in [0.15, 0.2) is 0 Å². The third-order valence-corrected chi connectivity index (χ3v) is 4.21. The van der Waals surface area contributed by atoms with E-state index in [4.69, 9.17) is 11.6 Å². The maximum Gasteiger partial charge on any atom is 0.0708 e. The van der Waals surface area contributed by atoms with Gasteiger partial charge in [-0.1, -0.05) is 46.9 Å². The summed E-state index contributed by atoms with van der Waals surface area (Å²) in [5, 5.41) is 0.229. The van der Waals surface area contributed by atoms with Crippen LogP contribution in [0.1, 0.15) is 16.5 Å². The van der Waals surface area contributed by atoms with E-state index in [2.05, 4.69) is 46.9 Å². The Morgan fingerprint density at radius 1 is 1.36 bits per heavy atom. The molecule has 0 fully saturated rings. The molecule has 0 bridgehead atoms. The van der Waals surface area contributed by atoms with Gasteiger partial charge in [0.1, 0.15) is 0 Å². The highest BCUT2D eigenvalue weighted by molar-refractivity contribution is 14.1. The molecule has 0 N–H and O–H groups in total. The summed E-state index contributed by atoms with van der Waals surface area (Å²) in [4.78, 5) is 0. The predicted molar refractivity (Wildman–Crippen MR) is 56.5 cm³/mol. The number of rotatable bonds is 0. The summed E-state index contributed by atoms with van der Waals surface area (Å²) >= 11 is 8.61. The zero-order valence-electron chi connectivity index (χ0n) is 5.93. The molecule has 0 nitrogen and oxygen atoms in total. The third kappa shape index (κ3) is 1.29. The summed E-state index contributed by atoms with van der Waals surface area (Å²) in [5.74, 6) is 0. The molecule has 0 aromatic heterocycles. The Kier molecular flexibility index (Phi) is 2.10. The summed E-state index contributed by atoms with van der Waals surface area (Å²) in [6.07, 6.45) is 1.13. The molecule has 1 aliphatic rings. The second-order valence-electron chi connectivity index (χ2n) is 2.82. The molecule has 0 unspecified atom stereocenters. The average molecular weight is 279 g/mol. The molecule has 58 valence electrons.